The summed E-state index contributed by atoms with van der Waals surface area (Å²) in [6.07, 6.45) is 32.2. The number of hydrogen-bond donors (Lipinski definition) is 0. The number of rotatable bonds is 40. The number of carbonyl (C=O) groups excluding carboxylic acids is 1. The van der Waals surface area contributed by atoms with Gasteiger partial charge in [0.05, 0.1) is 26.4 Å². The molecule has 0 radical (unpaired) electrons. The van der Waals surface area contributed by atoms with E-state index in [9.17, 15) is 9.18 Å². The molecule has 1 aliphatic heterocycles. The molecule has 1 aromatic rings. The summed E-state index contributed by atoms with van der Waals surface area (Å²) in [6, 6.07) is 4.73. The van der Waals surface area contributed by atoms with E-state index in [0.717, 1.165) is 25.9 Å². The molecule has 1 aromatic carbocycles. The van der Waals surface area contributed by atoms with Gasteiger partial charge >= 0.3 is 5.97 Å². The van der Waals surface area contributed by atoms with Gasteiger partial charge in [0.1, 0.15) is 18.8 Å². The maximum Gasteiger partial charge on any atom is 0.305 e. The number of halogens is 1. The highest BCUT2D eigenvalue weighted by atomic mass is 19.1. The minimum Gasteiger partial charge on any atom is -0.491 e. The van der Waals surface area contributed by atoms with Crippen molar-refractivity contribution in [3.05, 3.63) is 29.6 Å². The molecule has 1 heterocycles. The summed E-state index contributed by atoms with van der Waals surface area (Å²) < 4.78 is 54.9. The van der Waals surface area contributed by atoms with E-state index in [1.165, 1.54) is 147 Å². The first kappa shape index (κ1) is 51.4. The van der Waals surface area contributed by atoms with E-state index in [-0.39, 0.29) is 30.5 Å². The zero-order valence-electron chi connectivity index (χ0n) is 36.9. The zero-order valence-corrected chi connectivity index (χ0v) is 36.9. The summed E-state index contributed by atoms with van der Waals surface area (Å²) in [5.74, 6) is -0.436. The number of unbranched alkanes of at least 4 members (excludes halogenated alkanes) is 23. The lowest BCUT2D eigenvalue weighted by atomic mass is 10.1. The Morgan fingerprint density at radius 2 is 1.16 bits per heavy atom. The quantitative estimate of drug-likeness (QED) is 0.0479. The maximum atomic E-state index is 14.3. The second-order valence-electron chi connectivity index (χ2n) is 16.1. The normalized spacial score (nSPS) is 16.2. The van der Waals surface area contributed by atoms with E-state index >= 15 is 0 Å². The summed E-state index contributed by atoms with van der Waals surface area (Å²) in [7, 11) is 0. The van der Waals surface area contributed by atoms with Gasteiger partial charge in [-0.15, -0.1) is 0 Å². The molecule has 0 spiro atoms. The van der Waals surface area contributed by atoms with Crippen molar-refractivity contribution in [2.24, 2.45) is 0 Å². The largest absolute Gasteiger partial charge is 0.491 e. The van der Waals surface area contributed by atoms with Crippen molar-refractivity contribution in [3.63, 3.8) is 0 Å². The highest BCUT2D eigenvalue weighted by molar-refractivity contribution is 5.69. The van der Waals surface area contributed by atoms with Crippen molar-refractivity contribution in [2.75, 3.05) is 52.9 Å². The SMILES string of the molecule is CCCCCCCCCCCCCCOCC(COC(=O)CCCCOC1COC(c2ccc(OCC)c(F)c2)OC1)OCCCCCCCCCCCCCC. The minimum atomic E-state index is -0.637. The van der Waals surface area contributed by atoms with Crippen LogP contribution in [-0.4, -0.2) is 71.0 Å². The molecule has 1 saturated heterocycles. The Morgan fingerprint density at radius 3 is 1.68 bits per heavy atom. The first-order valence-corrected chi connectivity index (χ1v) is 23.7. The van der Waals surface area contributed by atoms with E-state index in [2.05, 4.69) is 13.8 Å². The fourth-order valence-corrected chi connectivity index (χ4v) is 7.19. The molecule has 1 aliphatic rings. The van der Waals surface area contributed by atoms with Gasteiger partial charge in [0.25, 0.3) is 0 Å². The summed E-state index contributed by atoms with van der Waals surface area (Å²) in [6.45, 7) is 10.0. The van der Waals surface area contributed by atoms with Crippen LogP contribution < -0.4 is 4.74 Å². The van der Waals surface area contributed by atoms with Crippen LogP contribution in [0.3, 0.4) is 0 Å². The van der Waals surface area contributed by atoms with Crippen molar-refractivity contribution in [2.45, 2.75) is 213 Å². The van der Waals surface area contributed by atoms with Crippen molar-refractivity contribution in [3.8, 4) is 5.75 Å². The van der Waals surface area contributed by atoms with Crippen molar-refractivity contribution in [1.82, 2.24) is 0 Å². The molecular weight excluding hydrogens is 724 g/mol. The van der Waals surface area contributed by atoms with Crippen LogP contribution in [-0.2, 0) is 33.2 Å². The fourth-order valence-electron chi connectivity index (χ4n) is 7.19. The van der Waals surface area contributed by atoms with E-state index in [1.54, 1.807) is 12.1 Å². The van der Waals surface area contributed by atoms with Crippen LogP contribution in [0.4, 0.5) is 4.39 Å². The second kappa shape index (κ2) is 37.2. The van der Waals surface area contributed by atoms with Crippen LogP contribution in [0, 0.1) is 5.82 Å². The van der Waals surface area contributed by atoms with E-state index in [4.69, 9.17) is 33.2 Å². The smallest absolute Gasteiger partial charge is 0.305 e. The molecule has 0 aromatic heterocycles. The third kappa shape index (κ3) is 28.3. The summed E-state index contributed by atoms with van der Waals surface area (Å²) >= 11 is 0. The summed E-state index contributed by atoms with van der Waals surface area (Å²) in [5, 5.41) is 0. The van der Waals surface area contributed by atoms with Crippen LogP contribution >= 0.6 is 0 Å². The highest BCUT2D eigenvalue weighted by Crippen LogP contribution is 2.28. The molecular formula is C48H85FO8. The monoisotopic (exact) mass is 809 g/mol. The molecule has 9 heteroatoms. The number of esters is 1. The van der Waals surface area contributed by atoms with Crippen molar-refractivity contribution < 1.29 is 42.3 Å². The summed E-state index contributed by atoms with van der Waals surface area (Å²) in [5.41, 5.74) is 0.607. The minimum absolute atomic E-state index is 0.210. The first-order valence-electron chi connectivity index (χ1n) is 23.7. The van der Waals surface area contributed by atoms with Gasteiger partial charge in [-0.05, 0) is 44.7 Å². The van der Waals surface area contributed by atoms with Gasteiger partial charge in [0.15, 0.2) is 17.9 Å². The predicted octanol–water partition coefficient (Wildman–Crippen LogP) is 13.2. The van der Waals surface area contributed by atoms with Crippen LogP contribution in [0.25, 0.3) is 0 Å². The lowest BCUT2D eigenvalue weighted by molar-refractivity contribution is -0.230. The number of ether oxygens (including phenoxy) is 7. The van der Waals surface area contributed by atoms with E-state index < -0.39 is 12.1 Å². The second-order valence-corrected chi connectivity index (χ2v) is 16.1. The van der Waals surface area contributed by atoms with Gasteiger partial charge in [0, 0.05) is 31.8 Å². The van der Waals surface area contributed by atoms with Gasteiger partial charge in [-0.1, -0.05) is 161 Å². The topological polar surface area (TPSA) is 81.7 Å². The third-order valence-electron chi connectivity index (χ3n) is 10.8. The lowest BCUT2D eigenvalue weighted by Crippen LogP contribution is -2.33. The van der Waals surface area contributed by atoms with Crippen LogP contribution in [0.1, 0.15) is 206 Å². The van der Waals surface area contributed by atoms with Gasteiger partial charge in [0.2, 0.25) is 0 Å². The van der Waals surface area contributed by atoms with Gasteiger partial charge in [-0.25, -0.2) is 4.39 Å². The van der Waals surface area contributed by atoms with Crippen LogP contribution in [0.5, 0.6) is 5.75 Å². The lowest BCUT2D eigenvalue weighted by Gasteiger charge is -2.29. The highest BCUT2D eigenvalue weighted by Gasteiger charge is 2.25. The van der Waals surface area contributed by atoms with E-state index in [0.29, 0.717) is 58.0 Å². The molecule has 8 nitrogen and oxygen atoms in total. The van der Waals surface area contributed by atoms with Crippen molar-refractivity contribution >= 4 is 5.97 Å². The molecule has 0 N–H and O–H groups in total. The number of carbonyl (C=O) groups is 1. The molecule has 0 aliphatic carbocycles. The average Bonchev–Trinajstić information content (AvgIpc) is 3.22. The Hall–Kier alpha value is -1.78. The Morgan fingerprint density at radius 1 is 0.649 bits per heavy atom. The molecule has 1 unspecified atom stereocenters. The number of hydrogen-bond acceptors (Lipinski definition) is 8. The number of benzene rings is 1. The Balaban J connectivity index is 1.57. The molecule has 0 amide bonds. The third-order valence-corrected chi connectivity index (χ3v) is 10.8. The van der Waals surface area contributed by atoms with Gasteiger partial charge in [-0.3, -0.25) is 4.79 Å². The first-order chi connectivity index (χ1) is 28.1. The average molecular weight is 809 g/mol. The summed E-state index contributed by atoms with van der Waals surface area (Å²) in [4.78, 5) is 12.6. The predicted molar refractivity (Wildman–Crippen MR) is 229 cm³/mol. The zero-order chi connectivity index (χ0) is 40.9. The fraction of sp³-hybridized carbons (Fsp3) is 0.854. The van der Waals surface area contributed by atoms with Gasteiger partial charge < -0.3 is 33.2 Å². The molecule has 1 atom stereocenters. The Kier molecular flexibility index (Phi) is 33.6. The Bertz CT molecular complexity index is 1050. The van der Waals surface area contributed by atoms with E-state index in [1.807, 2.05) is 6.92 Å². The molecule has 1 fully saturated rings. The molecule has 57 heavy (non-hydrogen) atoms. The molecule has 332 valence electrons. The van der Waals surface area contributed by atoms with Crippen LogP contribution in [0.15, 0.2) is 18.2 Å². The van der Waals surface area contributed by atoms with Crippen LogP contribution in [0.2, 0.25) is 0 Å². The molecule has 2 rings (SSSR count). The maximum absolute atomic E-state index is 14.3. The Labute approximate surface area is 348 Å². The van der Waals surface area contributed by atoms with Gasteiger partial charge in [-0.2, -0.15) is 0 Å². The standard InChI is InChI=1S/C48H85FO8/c1-4-7-9-11-13-15-17-19-21-23-25-28-34-51-38-43(53-35-29-26-24-22-20-18-16-14-12-10-8-5-2)39-55-47(50)31-27-30-36-54-44-40-56-48(57-41-44)42-32-33-46(52-6-3)45(49)37-42/h32-33,37,43-44,48H,4-31,34-36,38-41H2,1-3H3. The molecule has 0 saturated carbocycles. The molecule has 0 bridgehead atoms. The van der Waals surface area contributed by atoms with Crippen molar-refractivity contribution in [1.29, 1.82) is 0 Å².